The van der Waals surface area contributed by atoms with Crippen molar-refractivity contribution in [3.05, 3.63) is 33.8 Å². The summed E-state index contributed by atoms with van der Waals surface area (Å²) in [5.41, 5.74) is 1.91. The topological polar surface area (TPSA) is 20.3 Å². The maximum absolute atomic E-state index is 12.2. The lowest BCUT2D eigenvalue weighted by Crippen LogP contribution is -2.28. The van der Waals surface area contributed by atoms with Crippen molar-refractivity contribution in [3.8, 4) is 0 Å². The second-order valence-corrected chi connectivity index (χ2v) is 5.58. The van der Waals surface area contributed by atoms with Crippen molar-refractivity contribution in [3.63, 3.8) is 0 Å². The summed E-state index contributed by atoms with van der Waals surface area (Å²) in [6.07, 6.45) is 1.12. The van der Waals surface area contributed by atoms with Gasteiger partial charge in [-0.05, 0) is 43.0 Å². The lowest BCUT2D eigenvalue weighted by atomic mass is 10.1. The van der Waals surface area contributed by atoms with Crippen molar-refractivity contribution in [2.45, 2.75) is 20.3 Å². The fourth-order valence-electron chi connectivity index (χ4n) is 2.16. The highest BCUT2D eigenvalue weighted by Gasteiger charge is 2.24. The molecule has 2 rings (SSSR count). The van der Waals surface area contributed by atoms with Gasteiger partial charge in [0.25, 0.3) is 5.91 Å². The zero-order valence-corrected chi connectivity index (χ0v) is 11.3. The Labute approximate surface area is 105 Å². The van der Waals surface area contributed by atoms with Crippen LogP contribution >= 0.6 is 15.9 Å². The largest absolute Gasteiger partial charge is 0.338 e. The number of halogens is 1. The Balaban J connectivity index is 2.20. The first-order chi connectivity index (χ1) is 7.56. The molecule has 86 valence electrons. The average Bonchev–Trinajstić information content (AvgIpc) is 2.62. The molecule has 1 aliphatic heterocycles. The summed E-state index contributed by atoms with van der Waals surface area (Å²) in [5, 5.41) is 0. The molecule has 1 fully saturated rings. The molecule has 3 heteroatoms. The first-order valence-corrected chi connectivity index (χ1v) is 6.42. The Kier molecular flexibility index (Phi) is 3.33. The molecule has 0 saturated carbocycles. The van der Waals surface area contributed by atoms with Crippen LogP contribution < -0.4 is 0 Å². The molecule has 1 aliphatic rings. The Morgan fingerprint density at radius 2 is 2.19 bits per heavy atom. The molecule has 1 aromatic carbocycles. The molecule has 0 N–H and O–H groups in total. The number of rotatable bonds is 1. The molecule has 1 amide bonds. The summed E-state index contributed by atoms with van der Waals surface area (Å²) in [6, 6.07) is 5.87. The Morgan fingerprint density at radius 1 is 1.44 bits per heavy atom. The van der Waals surface area contributed by atoms with Crippen LogP contribution in [0.15, 0.2) is 22.7 Å². The molecule has 0 bridgehead atoms. The zero-order chi connectivity index (χ0) is 11.7. The van der Waals surface area contributed by atoms with Gasteiger partial charge in [-0.1, -0.05) is 22.9 Å². The number of aryl methyl sites for hydroxylation is 1. The third-order valence-electron chi connectivity index (χ3n) is 3.00. The van der Waals surface area contributed by atoms with Gasteiger partial charge >= 0.3 is 0 Å². The van der Waals surface area contributed by atoms with Gasteiger partial charge in [0.1, 0.15) is 0 Å². The highest BCUT2D eigenvalue weighted by atomic mass is 79.9. The molecule has 1 unspecified atom stereocenters. The summed E-state index contributed by atoms with van der Waals surface area (Å²) in [5.74, 6) is 0.797. The van der Waals surface area contributed by atoms with Gasteiger partial charge in [-0.25, -0.2) is 0 Å². The van der Waals surface area contributed by atoms with Crippen LogP contribution in [0.5, 0.6) is 0 Å². The molecule has 1 saturated heterocycles. The summed E-state index contributed by atoms with van der Waals surface area (Å²) in [6.45, 7) is 5.99. The first kappa shape index (κ1) is 11.6. The molecule has 0 aromatic heterocycles. The van der Waals surface area contributed by atoms with Gasteiger partial charge in [-0.15, -0.1) is 0 Å². The number of likely N-dealkylation sites (tertiary alicyclic amines) is 1. The van der Waals surface area contributed by atoms with Crippen LogP contribution in [0.4, 0.5) is 0 Å². The van der Waals surface area contributed by atoms with E-state index in [1.807, 2.05) is 30.0 Å². The van der Waals surface area contributed by atoms with Crippen LogP contribution in [0.25, 0.3) is 0 Å². The van der Waals surface area contributed by atoms with Gasteiger partial charge in [0.2, 0.25) is 0 Å². The van der Waals surface area contributed by atoms with Crippen LogP contribution in [0.3, 0.4) is 0 Å². The standard InChI is InChI=1S/C13H16BrNO/c1-9-3-4-15(8-9)13(16)11-5-10(2)6-12(14)7-11/h5-7,9H,3-4,8H2,1-2H3. The molecule has 0 spiro atoms. The summed E-state index contributed by atoms with van der Waals surface area (Å²) in [7, 11) is 0. The van der Waals surface area contributed by atoms with E-state index in [2.05, 4.69) is 22.9 Å². The fourth-order valence-corrected chi connectivity index (χ4v) is 2.77. The number of nitrogens with zero attached hydrogens (tertiary/aromatic N) is 1. The minimum absolute atomic E-state index is 0.161. The van der Waals surface area contributed by atoms with Gasteiger partial charge in [-0.2, -0.15) is 0 Å². The predicted molar refractivity (Wildman–Crippen MR) is 68.6 cm³/mol. The van der Waals surface area contributed by atoms with Crippen LogP contribution in [0, 0.1) is 12.8 Å². The minimum Gasteiger partial charge on any atom is -0.338 e. The monoisotopic (exact) mass is 281 g/mol. The molecule has 16 heavy (non-hydrogen) atoms. The van der Waals surface area contributed by atoms with E-state index in [0.717, 1.165) is 35.1 Å². The molecule has 1 heterocycles. The third-order valence-corrected chi connectivity index (χ3v) is 3.46. The van der Waals surface area contributed by atoms with Crippen molar-refractivity contribution in [2.24, 2.45) is 5.92 Å². The van der Waals surface area contributed by atoms with Crippen LogP contribution in [0.2, 0.25) is 0 Å². The Bertz CT molecular complexity index is 396. The van der Waals surface area contributed by atoms with E-state index in [1.54, 1.807) is 0 Å². The van der Waals surface area contributed by atoms with Crippen molar-refractivity contribution in [1.29, 1.82) is 0 Å². The van der Waals surface area contributed by atoms with Gasteiger partial charge in [0.15, 0.2) is 0 Å². The van der Waals surface area contributed by atoms with Gasteiger partial charge in [0, 0.05) is 23.1 Å². The van der Waals surface area contributed by atoms with Gasteiger partial charge in [0.05, 0.1) is 0 Å². The zero-order valence-electron chi connectivity index (χ0n) is 9.66. The quantitative estimate of drug-likeness (QED) is 0.774. The average molecular weight is 282 g/mol. The van der Waals surface area contributed by atoms with E-state index < -0.39 is 0 Å². The van der Waals surface area contributed by atoms with E-state index in [-0.39, 0.29) is 5.91 Å². The maximum Gasteiger partial charge on any atom is 0.253 e. The summed E-state index contributed by atoms with van der Waals surface area (Å²) >= 11 is 3.43. The molecular weight excluding hydrogens is 266 g/mol. The SMILES string of the molecule is Cc1cc(Br)cc(C(=O)N2CCC(C)C2)c1. The lowest BCUT2D eigenvalue weighted by molar-refractivity contribution is 0.0788. The van der Waals surface area contributed by atoms with E-state index >= 15 is 0 Å². The summed E-state index contributed by atoms with van der Waals surface area (Å²) in [4.78, 5) is 14.2. The van der Waals surface area contributed by atoms with E-state index in [0.29, 0.717) is 5.92 Å². The third kappa shape index (κ3) is 2.46. The number of hydrogen-bond acceptors (Lipinski definition) is 1. The highest BCUT2D eigenvalue weighted by Crippen LogP contribution is 2.21. The maximum atomic E-state index is 12.2. The molecule has 2 nitrogen and oxygen atoms in total. The van der Waals surface area contributed by atoms with Gasteiger partial charge < -0.3 is 4.90 Å². The Hall–Kier alpha value is -0.830. The van der Waals surface area contributed by atoms with Crippen LogP contribution in [-0.2, 0) is 0 Å². The number of carbonyl (C=O) groups excluding carboxylic acids is 1. The van der Waals surface area contributed by atoms with Crippen molar-refractivity contribution in [2.75, 3.05) is 13.1 Å². The van der Waals surface area contributed by atoms with Gasteiger partial charge in [-0.3, -0.25) is 4.79 Å². The normalized spacial score (nSPS) is 20.2. The number of amides is 1. The molecule has 0 radical (unpaired) electrons. The molecule has 1 aromatic rings. The second kappa shape index (κ2) is 4.58. The second-order valence-electron chi connectivity index (χ2n) is 4.66. The number of carbonyl (C=O) groups is 1. The molecular formula is C13H16BrNO. The Morgan fingerprint density at radius 3 is 2.75 bits per heavy atom. The van der Waals surface area contributed by atoms with E-state index in [4.69, 9.17) is 0 Å². The predicted octanol–water partition coefficient (Wildman–Crippen LogP) is 3.24. The first-order valence-electron chi connectivity index (χ1n) is 5.63. The van der Waals surface area contributed by atoms with E-state index in [9.17, 15) is 4.79 Å². The number of benzene rings is 1. The minimum atomic E-state index is 0.161. The smallest absolute Gasteiger partial charge is 0.253 e. The molecule has 1 atom stereocenters. The lowest BCUT2D eigenvalue weighted by Gasteiger charge is -2.16. The van der Waals surface area contributed by atoms with E-state index in [1.165, 1.54) is 0 Å². The van der Waals surface area contributed by atoms with Crippen LogP contribution in [-0.4, -0.2) is 23.9 Å². The van der Waals surface area contributed by atoms with Crippen molar-refractivity contribution >= 4 is 21.8 Å². The fraction of sp³-hybridized carbons (Fsp3) is 0.462. The number of hydrogen-bond donors (Lipinski definition) is 0. The summed E-state index contributed by atoms with van der Waals surface area (Å²) < 4.78 is 0.975. The van der Waals surface area contributed by atoms with Crippen LogP contribution in [0.1, 0.15) is 29.3 Å². The highest BCUT2D eigenvalue weighted by molar-refractivity contribution is 9.10. The van der Waals surface area contributed by atoms with Crippen molar-refractivity contribution in [1.82, 2.24) is 4.90 Å². The van der Waals surface area contributed by atoms with Crippen molar-refractivity contribution < 1.29 is 4.79 Å². The molecule has 0 aliphatic carbocycles.